The number of benzene rings is 1. The number of anilines is 1. The molecule has 5 heterocycles. The Hall–Kier alpha value is -4.91. The second kappa shape index (κ2) is 11.5. The lowest BCUT2D eigenvalue weighted by Crippen LogP contribution is -2.46. The molecule has 2 aliphatic carbocycles. The van der Waals surface area contributed by atoms with Crippen molar-refractivity contribution in [3.63, 3.8) is 0 Å². The number of alkyl halides is 2. The van der Waals surface area contributed by atoms with Gasteiger partial charge in [-0.15, -0.1) is 5.10 Å². The van der Waals surface area contributed by atoms with Gasteiger partial charge in [0.05, 0.1) is 5.56 Å². The average Bonchev–Trinajstić information content (AvgIpc) is 3.51. The predicted molar refractivity (Wildman–Crippen MR) is 167 cm³/mol. The van der Waals surface area contributed by atoms with Gasteiger partial charge in [-0.3, -0.25) is 9.36 Å². The molecule has 8 rings (SSSR count). The molecule has 1 amide bonds. The molecule has 5 aromatic rings. The van der Waals surface area contributed by atoms with Crippen LogP contribution in [0.5, 0.6) is 5.88 Å². The zero-order chi connectivity index (χ0) is 31.4. The molecule has 236 valence electrons. The van der Waals surface area contributed by atoms with Gasteiger partial charge in [-0.05, 0) is 86.1 Å². The highest BCUT2D eigenvalue weighted by Crippen LogP contribution is 2.37. The molecule has 1 aromatic carbocycles. The minimum atomic E-state index is -2.97. The molecule has 2 fully saturated rings. The maximum absolute atomic E-state index is 12.7. The van der Waals surface area contributed by atoms with Crippen LogP contribution in [0.1, 0.15) is 49.3 Å². The minimum Gasteiger partial charge on any atom is -0.415 e. The Morgan fingerprint density at radius 3 is 2.65 bits per heavy atom. The topological polar surface area (TPSA) is 129 Å². The number of piperidine rings is 1. The first-order valence-electron chi connectivity index (χ1n) is 15.7. The van der Waals surface area contributed by atoms with Crippen molar-refractivity contribution in [2.45, 2.75) is 57.2 Å². The summed E-state index contributed by atoms with van der Waals surface area (Å²) in [5, 5.41) is 7.99. The first kappa shape index (κ1) is 28.6. The number of likely N-dealkylation sites (tertiary alicyclic amines) is 1. The number of pyridine rings is 2. The van der Waals surface area contributed by atoms with Gasteiger partial charge in [-0.1, -0.05) is 6.07 Å². The molecule has 11 nitrogen and oxygen atoms in total. The third-order valence-corrected chi connectivity index (χ3v) is 9.21. The normalized spacial score (nSPS) is 18.4. The van der Waals surface area contributed by atoms with Crippen molar-refractivity contribution in [2.24, 2.45) is 5.92 Å². The summed E-state index contributed by atoms with van der Waals surface area (Å²) in [6, 6.07) is 15.7. The summed E-state index contributed by atoms with van der Waals surface area (Å²) in [7, 11) is 0. The van der Waals surface area contributed by atoms with Gasteiger partial charge >= 0.3 is 6.61 Å². The summed E-state index contributed by atoms with van der Waals surface area (Å²) in [5.41, 5.74) is 11.6. The molecule has 1 atom stereocenters. The molecule has 13 heteroatoms. The number of carbonyl (C=O) groups is 1. The number of fused-ring (bicyclic) bond motifs is 2. The zero-order valence-electron chi connectivity index (χ0n) is 25.0. The molecule has 0 bridgehead atoms. The van der Waals surface area contributed by atoms with E-state index in [0.29, 0.717) is 46.1 Å². The summed E-state index contributed by atoms with van der Waals surface area (Å²) < 4.78 is 33.3. The third kappa shape index (κ3) is 5.34. The molecule has 4 aromatic heterocycles. The number of aryl methyl sites for hydroxylation is 1. The molecule has 0 spiro atoms. The summed E-state index contributed by atoms with van der Waals surface area (Å²) >= 11 is 0. The number of nitrogens with zero attached hydrogens (tertiary/aromatic N) is 7. The number of nitrogens with two attached hydrogens (primary N) is 1. The Morgan fingerprint density at radius 1 is 1.02 bits per heavy atom. The number of nitrogen functional groups attached to an aromatic ring is 1. The highest BCUT2D eigenvalue weighted by Gasteiger charge is 2.35. The maximum Gasteiger partial charge on any atom is 0.388 e. The van der Waals surface area contributed by atoms with E-state index in [1.165, 1.54) is 28.1 Å². The number of hydrogen-bond donors (Lipinski definition) is 2. The second-order valence-corrected chi connectivity index (χ2v) is 12.2. The van der Waals surface area contributed by atoms with Gasteiger partial charge in [0.15, 0.2) is 17.3 Å². The molecule has 1 aliphatic heterocycles. The number of hydrogen-bond acceptors (Lipinski definition) is 8. The highest BCUT2D eigenvalue weighted by atomic mass is 19.3. The quantitative estimate of drug-likeness (QED) is 0.251. The monoisotopic (exact) mass is 625 g/mol. The van der Waals surface area contributed by atoms with E-state index in [4.69, 9.17) is 15.7 Å². The van der Waals surface area contributed by atoms with E-state index in [0.717, 1.165) is 57.3 Å². The van der Waals surface area contributed by atoms with Crippen LogP contribution in [0, 0.1) is 5.92 Å². The molecule has 3 aliphatic rings. The lowest BCUT2D eigenvalue weighted by molar-refractivity contribution is -0.133. The number of halogens is 2. The first-order chi connectivity index (χ1) is 22.4. The van der Waals surface area contributed by atoms with Gasteiger partial charge in [0.1, 0.15) is 11.3 Å². The Balaban J connectivity index is 1.11. The van der Waals surface area contributed by atoms with Crippen LogP contribution in [-0.4, -0.2) is 65.8 Å². The van der Waals surface area contributed by atoms with Gasteiger partial charge in [0, 0.05) is 55.2 Å². The largest absolute Gasteiger partial charge is 0.415 e. The molecule has 1 saturated carbocycles. The molecular weight excluding hydrogens is 592 g/mol. The Labute approximate surface area is 263 Å². The third-order valence-electron chi connectivity index (χ3n) is 9.21. The molecule has 0 radical (unpaired) electrons. The standard InChI is InChI=1S/C33H33F2N9O2/c34-33(35)46-28-13-17-43(41-28)27-10-9-26-31(40-27)44(30(39-26)24-2-1-14-37-29(24)36)22-6-7-23-20(18-22)5-8-25(23)38-21-11-15-42(16-12-21)32(45)19-3-4-19/h1-2,6-7,9-10,13-14,17-19,21,25,33,38H,3-5,8,11-12,15-16H2,(H2,36,37). The van der Waals surface area contributed by atoms with Crippen LogP contribution in [0.25, 0.3) is 34.1 Å². The van der Waals surface area contributed by atoms with Crippen molar-refractivity contribution in [3.05, 3.63) is 72.1 Å². The Bertz CT molecular complexity index is 1930. The molecule has 1 unspecified atom stereocenters. The van der Waals surface area contributed by atoms with Gasteiger partial charge in [-0.2, -0.15) is 8.78 Å². The lowest BCUT2D eigenvalue weighted by atomic mass is 10.0. The number of imidazole rings is 1. The molecular formula is C33H33F2N9O2. The zero-order valence-corrected chi connectivity index (χ0v) is 25.0. The van der Waals surface area contributed by atoms with Crippen molar-refractivity contribution in [2.75, 3.05) is 18.8 Å². The van der Waals surface area contributed by atoms with E-state index in [2.05, 4.69) is 43.2 Å². The summed E-state index contributed by atoms with van der Waals surface area (Å²) in [4.78, 5) is 28.6. The van der Waals surface area contributed by atoms with Gasteiger partial charge < -0.3 is 20.7 Å². The number of carbonyl (C=O) groups excluding carboxylic acids is 1. The number of aromatic nitrogens is 6. The summed E-state index contributed by atoms with van der Waals surface area (Å²) in [6.07, 6.45) is 9.11. The smallest absolute Gasteiger partial charge is 0.388 e. The van der Waals surface area contributed by atoms with Gasteiger partial charge in [-0.25, -0.2) is 19.6 Å². The molecule has 3 N–H and O–H groups in total. The van der Waals surface area contributed by atoms with Crippen molar-refractivity contribution in [3.8, 4) is 28.8 Å². The second-order valence-electron chi connectivity index (χ2n) is 12.2. The van der Waals surface area contributed by atoms with E-state index in [9.17, 15) is 13.6 Å². The Kier molecular flexibility index (Phi) is 7.12. The van der Waals surface area contributed by atoms with Crippen molar-refractivity contribution >= 4 is 22.9 Å². The van der Waals surface area contributed by atoms with E-state index in [-0.39, 0.29) is 17.8 Å². The van der Waals surface area contributed by atoms with E-state index < -0.39 is 6.61 Å². The van der Waals surface area contributed by atoms with E-state index in [1.807, 2.05) is 22.8 Å². The highest BCUT2D eigenvalue weighted by molar-refractivity contribution is 5.83. The fourth-order valence-corrected chi connectivity index (χ4v) is 6.75. The number of nitrogens with one attached hydrogen (secondary N) is 1. The van der Waals surface area contributed by atoms with Crippen LogP contribution in [0.15, 0.2) is 60.9 Å². The van der Waals surface area contributed by atoms with Crippen LogP contribution in [0.4, 0.5) is 14.6 Å². The predicted octanol–water partition coefficient (Wildman–Crippen LogP) is 4.83. The Morgan fingerprint density at radius 2 is 1.87 bits per heavy atom. The van der Waals surface area contributed by atoms with Crippen LogP contribution in [-0.2, 0) is 11.2 Å². The number of ether oxygens (including phenoxy) is 1. The van der Waals surface area contributed by atoms with Crippen molar-refractivity contribution in [1.29, 1.82) is 0 Å². The van der Waals surface area contributed by atoms with Gasteiger partial charge in [0.25, 0.3) is 0 Å². The van der Waals surface area contributed by atoms with E-state index >= 15 is 0 Å². The molecule has 46 heavy (non-hydrogen) atoms. The van der Waals surface area contributed by atoms with E-state index in [1.54, 1.807) is 12.3 Å². The van der Waals surface area contributed by atoms with Crippen molar-refractivity contribution in [1.82, 2.24) is 39.5 Å². The first-order valence-corrected chi connectivity index (χ1v) is 15.7. The average molecular weight is 626 g/mol. The summed E-state index contributed by atoms with van der Waals surface area (Å²) in [5.74, 6) is 1.76. The number of amides is 1. The van der Waals surface area contributed by atoms with Crippen LogP contribution in [0.2, 0.25) is 0 Å². The molecule has 1 saturated heterocycles. The lowest BCUT2D eigenvalue weighted by Gasteiger charge is -2.34. The minimum absolute atomic E-state index is 0.201. The van der Waals surface area contributed by atoms with Gasteiger partial charge in [0.2, 0.25) is 11.8 Å². The SMILES string of the molecule is Nc1ncccc1-c1nc2ccc(-n3ccc(OC(F)F)n3)nc2n1-c1ccc2c(c1)CCC2NC1CCN(C(=O)C2CC2)CC1. The fraction of sp³-hybridized carbons (Fsp3) is 0.364. The van der Waals surface area contributed by atoms with Crippen molar-refractivity contribution < 1.29 is 18.3 Å². The fourth-order valence-electron chi connectivity index (χ4n) is 6.75. The maximum atomic E-state index is 12.7. The van der Waals surface area contributed by atoms with Crippen LogP contribution >= 0.6 is 0 Å². The summed E-state index contributed by atoms with van der Waals surface area (Å²) in [6.45, 7) is -1.32. The van der Waals surface area contributed by atoms with Crippen LogP contribution < -0.4 is 15.8 Å². The van der Waals surface area contributed by atoms with Crippen LogP contribution in [0.3, 0.4) is 0 Å². The number of rotatable bonds is 8.